The Morgan fingerprint density at radius 1 is 1.21 bits per heavy atom. The molecule has 2 fully saturated rings. The number of carbonyl (C=O) groups excluding carboxylic acids is 1. The lowest BCUT2D eigenvalue weighted by molar-refractivity contribution is -0.0439. The number of benzene rings is 1. The number of hydrogen-bond acceptors (Lipinski definition) is 4. The van der Waals surface area contributed by atoms with Crippen molar-refractivity contribution in [1.82, 2.24) is 15.1 Å². The maximum atomic E-state index is 13.8. The predicted octanol–water partition coefficient (Wildman–Crippen LogP) is 1.35. The van der Waals surface area contributed by atoms with Crippen LogP contribution in [0.4, 0.5) is 4.39 Å². The second kappa shape index (κ2) is 7.59. The molecular formula is C18H26FN3O2. The van der Waals surface area contributed by atoms with E-state index in [-0.39, 0.29) is 17.0 Å². The number of halogens is 1. The Hall–Kier alpha value is -1.50. The van der Waals surface area contributed by atoms with Crippen LogP contribution in [0.1, 0.15) is 23.2 Å². The summed E-state index contributed by atoms with van der Waals surface area (Å²) >= 11 is 0. The van der Waals surface area contributed by atoms with E-state index in [1.165, 1.54) is 12.1 Å². The number of hydrogen-bond donors (Lipinski definition) is 1. The molecule has 2 aliphatic rings. The highest BCUT2D eigenvalue weighted by atomic mass is 19.1. The van der Waals surface area contributed by atoms with Gasteiger partial charge in [0, 0.05) is 25.2 Å². The van der Waals surface area contributed by atoms with E-state index in [1.807, 2.05) is 0 Å². The van der Waals surface area contributed by atoms with Crippen molar-refractivity contribution in [3.05, 3.63) is 35.6 Å². The maximum absolute atomic E-state index is 13.8. The molecule has 0 radical (unpaired) electrons. The van der Waals surface area contributed by atoms with Crippen molar-refractivity contribution in [1.29, 1.82) is 0 Å². The van der Waals surface area contributed by atoms with E-state index >= 15 is 0 Å². The topological polar surface area (TPSA) is 44.8 Å². The fourth-order valence-electron chi connectivity index (χ4n) is 3.66. The molecule has 0 unspecified atom stereocenters. The van der Waals surface area contributed by atoms with Crippen molar-refractivity contribution in [3.8, 4) is 0 Å². The van der Waals surface area contributed by atoms with Gasteiger partial charge in [-0.2, -0.15) is 0 Å². The SMILES string of the molecule is CN1CCC(CNC(=O)c2ccccc2F)(N2CCOCC2)CC1. The van der Waals surface area contributed by atoms with Crippen LogP contribution in [-0.2, 0) is 4.74 Å². The van der Waals surface area contributed by atoms with Gasteiger partial charge in [0.25, 0.3) is 5.91 Å². The van der Waals surface area contributed by atoms with Gasteiger partial charge < -0.3 is 15.0 Å². The maximum Gasteiger partial charge on any atom is 0.254 e. The molecule has 0 saturated carbocycles. The van der Waals surface area contributed by atoms with Crippen molar-refractivity contribution in [2.24, 2.45) is 0 Å². The molecule has 0 aliphatic carbocycles. The molecule has 0 atom stereocenters. The number of carbonyl (C=O) groups is 1. The summed E-state index contributed by atoms with van der Waals surface area (Å²) in [5.41, 5.74) is 0.0552. The lowest BCUT2D eigenvalue weighted by Gasteiger charge is -2.49. The van der Waals surface area contributed by atoms with Crippen LogP contribution < -0.4 is 5.32 Å². The number of rotatable bonds is 4. The number of likely N-dealkylation sites (tertiary alicyclic amines) is 1. The normalized spacial score (nSPS) is 22.2. The third-order valence-electron chi connectivity index (χ3n) is 5.30. The summed E-state index contributed by atoms with van der Waals surface area (Å²) in [6, 6.07) is 6.13. The fourth-order valence-corrected chi connectivity index (χ4v) is 3.66. The molecule has 6 heteroatoms. The molecule has 2 saturated heterocycles. The van der Waals surface area contributed by atoms with Crippen molar-refractivity contribution < 1.29 is 13.9 Å². The largest absolute Gasteiger partial charge is 0.379 e. The first-order valence-electron chi connectivity index (χ1n) is 8.65. The van der Waals surface area contributed by atoms with Gasteiger partial charge in [0.2, 0.25) is 0 Å². The van der Waals surface area contributed by atoms with Crippen LogP contribution >= 0.6 is 0 Å². The Labute approximate surface area is 142 Å². The van der Waals surface area contributed by atoms with Gasteiger partial charge in [-0.15, -0.1) is 0 Å². The van der Waals surface area contributed by atoms with Crippen LogP contribution in [-0.4, -0.2) is 74.2 Å². The highest BCUT2D eigenvalue weighted by Gasteiger charge is 2.40. The van der Waals surface area contributed by atoms with E-state index in [4.69, 9.17) is 4.74 Å². The Bertz CT molecular complexity index is 567. The molecule has 1 N–H and O–H groups in total. The van der Waals surface area contributed by atoms with E-state index in [0.717, 1.165) is 52.2 Å². The third-order valence-corrected chi connectivity index (χ3v) is 5.30. The van der Waals surface area contributed by atoms with Crippen molar-refractivity contribution in [3.63, 3.8) is 0 Å². The lowest BCUT2D eigenvalue weighted by atomic mass is 9.85. The van der Waals surface area contributed by atoms with Crippen LogP contribution in [0.2, 0.25) is 0 Å². The van der Waals surface area contributed by atoms with Crippen molar-refractivity contribution in [2.75, 3.05) is 53.0 Å². The number of nitrogens with one attached hydrogen (secondary N) is 1. The molecule has 132 valence electrons. The quantitative estimate of drug-likeness (QED) is 0.902. The first-order chi connectivity index (χ1) is 11.6. The van der Waals surface area contributed by atoms with Crippen molar-refractivity contribution >= 4 is 5.91 Å². The molecule has 0 bridgehead atoms. The van der Waals surface area contributed by atoms with Gasteiger partial charge in [-0.1, -0.05) is 12.1 Å². The lowest BCUT2D eigenvalue weighted by Crippen LogP contribution is -2.62. The van der Waals surface area contributed by atoms with E-state index in [9.17, 15) is 9.18 Å². The molecule has 0 aromatic heterocycles. The minimum absolute atomic E-state index is 0.0583. The minimum atomic E-state index is -0.473. The van der Waals surface area contributed by atoms with E-state index in [0.29, 0.717) is 6.54 Å². The van der Waals surface area contributed by atoms with Crippen LogP contribution in [0.3, 0.4) is 0 Å². The van der Waals surface area contributed by atoms with Crippen LogP contribution in [0.5, 0.6) is 0 Å². The number of ether oxygens (including phenoxy) is 1. The Kier molecular flexibility index (Phi) is 5.48. The van der Waals surface area contributed by atoms with Crippen LogP contribution in [0.15, 0.2) is 24.3 Å². The minimum Gasteiger partial charge on any atom is -0.379 e. The van der Waals surface area contributed by atoms with Gasteiger partial charge in [-0.05, 0) is 45.1 Å². The average Bonchev–Trinajstić information content (AvgIpc) is 2.62. The zero-order valence-electron chi connectivity index (χ0n) is 14.3. The van der Waals surface area contributed by atoms with Gasteiger partial charge in [0.1, 0.15) is 5.82 Å². The summed E-state index contributed by atoms with van der Waals surface area (Å²) in [7, 11) is 2.13. The molecule has 5 nitrogen and oxygen atoms in total. The van der Waals surface area contributed by atoms with Crippen LogP contribution in [0, 0.1) is 5.82 Å². The highest BCUT2D eigenvalue weighted by Crippen LogP contribution is 2.29. The van der Waals surface area contributed by atoms with Gasteiger partial charge >= 0.3 is 0 Å². The van der Waals surface area contributed by atoms with Crippen molar-refractivity contribution in [2.45, 2.75) is 18.4 Å². The first kappa shape index (κ1) is 17.3. The zero-order valence-corrected chi connectivity index (χ0v) is 14.3. The summed E-state index contributed by atoms with van der Waals surface area (Å²) in [5, 5.41) is 2.98. The van der Waals surface area contributed by atoms with E-state index in [1.54, 1.807) is 12.1 Å². The van der Waals surface area contributed by atoms with E-state index in [2.05, 4.69) is 22.2 Å². The Balaban J connectivity index is 1.70. The van der Waals surface area contributed by atoms with Gasteiger partial charge in [0.15, 0.2) is 0 Å². The standard InChI is InChI=1S/C18H26FN3O2/c1-21-8-6-18(7-9-21,22-10-12-24-13-11-22)14-20-17(23)15-4-2-3-5-16(15)19/h2-5H,6-14H2,1H3,(H,20,23). The molecule has 0 spiro atoms. The molecular weight excluding hydrogens is 309 g/mol. The molecule has 2 heterocycles. The molecule has 3 rings (SSSR count). The fraction of sp³-hybridized carbons (Fsp3) is 0.611. The predicted molar refractivity (Wildman–Crippen MR) is 90.6 cm³/mol. The summed E-state index contributed by atoms with van der Waals surface area (Å²) in [6.45, 7) is 5.81. The number of amides is 1. The Morgan fingerprint density at radius 2 is 1.88 bits per heavy atom. The summed E-state index contributed by atoms with van der Waals surface area (Å²) in [4.78, 5) is 17.2. The average molecular weight is 335 g/mol. The highest BCUT2D eigenvalue weighted by molar-refractivity contribution is 5.94. The summed E-state index contributed by atoms with van der Waals surface area (Å²) < 4.78 is 19.3. The summed E-state index contributed by atoms with van der Waals surface area (Å²) in [6.07, 6.45) is 2.00. The van der Waals surface area contributed by atoms with Crippen LogP contribution in [0.25, 0.3) is 0 Å². The molecule has 2 aliphatic heterocycles. The zero-order chi connectivity index (χ0) is 17.0. The number of piperidine rings is 1. The smallest absolute Gasteiger partial charge is 0.254 e. The summed E-state index contributed by atoms with van der Waals surface area (Å²) in [5.74, 6) is -0.807. The Morgan fingerprint density at radius 3 is 2.54 bits per heavy atom. The monoisotopic (exact) mass is 335 g/mol. The molecule has 1 aromatic rings. The molecule has 24 heavy (non-hydrogen) atoms. The molecule has 1 aromatic carbocycles. The second-order valence-electron chi connectivity index (χ2n) is 6.79. The third kappa shape index (κ3) is 3.77. The first-order valence-corrected chi connectivity index (χ1v) is 8.65. The van der Waals surface area contributed by atoms with Gasteiger partial charge in [-0.25, -0.2) is 4.39 Å². The van der Waals surface area contributed by atoms with E-state index < -0.39 is 5.82 Å². The van der Waals surface area contributed by atoms with Gasteiger partial charge in [0.05, 0.1) is 18.8 Å². The molecule has 1 amide bonds. The van der Waals surface area contributed by atoms with Gasteiger partial charge in [-0.3, -0.25) is 9.69 Å². The number of nitrogens with zero attached hydrogens (tertiary/aromatic N) is 2. The number of morpholine rings is 1. The second-order valence-corrected chi connectivity index (χ2v) is 6.79.